The summed E-state index contributed by atoms with van der Waals surface area (Å²) in [4.78, 5) is 15.3. The topological polar surface area (TPSA) is 48.4 Å². The van der Waals surface area contributed by atoms with Gasteiger partial charge in [0.2, 0.25) is 5.88 Å². The van der Waals surface area contributed by atoms with Crippen molar-refractivity contribution < 1.29 is 14.3 Å². The van der Waals surface area contributed by atoms with Crippen molar-refractivity contribution in [2.75, 3.05) is 0 Å². The maximum Gasteiger partial charge on any atom is 0.213 e. The van der Waals surface area contributed by atoms with Crippen LogP contribution in [0.4, 0.5) is 0 Å². The summed E-state index contributed by atoms with van der Waals surface area (Å²) in [5.41, 5.74) is 0.607. The van der Waals surface area contributed by atoms with Crippen molar-refractivity contribution in [3.63, 3.8) is 0 Å². The second-order valence-electron chi connectivity index (χ2n) is 4.91. The average molecular weight is 249 g/mol. The molecule has 1 saturated heterocycles. The Labute approximate surface area is 107 Å². The van der Waals surface area contributed by atoms with Crippen LogP contribution in [0.25, 0.3) is 0 Å². The first-order valence-electron chi connectivity index (χ1n) is 6.33. The first-order valence-corrected chi connectivity index (χ1v) is 6.33. The minimum Gasteiger partial charge on any atom is -0.474 e. The van der Waals surface area contributed by atoms with Gasteiger partial charge in [0.25, 0.3) is 0 Å². The Morgan fingerprint density at radius 3 is 2.50 bits per heavy atom. The van der Waals surface area contributed by atoms with Crippen LogP contribution in [0.2, 0.25) is 0 Å². The predicted molar refractivity (Wildman–Crippen MR) is 67.9 cm³/mol. The van der Waals surface area contributed by atoms with Crippen molar-refractivity contribution >= 4 is 5.78 Å². The van der Waals surface area contributed by atoms with Gasteiger partial charge in [0.15, 0.2) is 5.78 Å². The molecular formula is C14H19NO3. The standard InChI is InChI=1S/C14H19NO3/c1-9-6-13(7-10(2)17-9)18-14-5-4-12(8-15-14)11(3)16/h4-5,8-10,13H,6-7H2,1-3H3. The molecular weight excluding hydrogens is 230 g/mol. The molecule has 0 spiro atoms. The molecule has 1 aromatic heterocycles. The normalized spacial score (nSPS) is 27.8. The number of hydrogen-bond donors (Lipinski definition) is 0. The molecule has 0 N–H and O–H groups in total. The predicted octanol–water partition coefficient (Wildman–Crippen LogP) is 2.62. The first-order chi connectivity index (χ1) is 8.54. The molecule has 1 aromatic rings. The van der Waals surface area contributed by atoms with E-state index in [1.165, 1.54) is 6.92 Å². The van der Waals surface area contributed by atoms with Crippen molar-refractivity contribution in [1.29, 1.82) is 0 Å². The lowest BCUT2D eigenvalue weighted by Crippen LogP contribution is -2.35. The lowest BCUT2D eigenvalue weighted by molar-refractivity contribution is -0.0729. The van der Waals surface area contributed by atoms with Crippen LogP contribution in [-0.4, -0.2) is 29.1 Å². The minimum atomic E-state index is 0.0161. The van der Waals surface area contributed by atoms with Crippen molar-refractivity contribution in [1.82, 2.24) is 4.98 Å². The molecule has 0 amide bonds. The van der Waals surface area contributed by atoms with E-state index in [1.807, 2.05) is 0 Å². The highest BCUT2D eigenvalue weighted by Gasteiger charge is 2.26. The van der Waals surface area contributed by atoms with Crippen LogP contribution in [0.1, 0.15) is 44.0 Å². The maximum atomic E-state index is 11.1. The fourth-order valence-electron chi connectivity index (χ4n) is 2.27. The number of ketones is 1. The van der Waals surface area contributed by atoms with Gasteiger partial charge in [-0.1, -0.05) is 0 Å². The van der Waals surface area contributed by atoms with Crippen LogP contribution in [-0.2, 0) is 4.74 Å². The quantitative estimate of drug-likeness (QED) is 0.773. The molecule has 18 heavy (non-hydrogen) atoms. The average Bonchev–Trinajstić information content (AvgIpc) is 2.28. The highest BCUT2D eigenvalue weighted by Crippen LogP contribution is 2.23. The van der Waals surface area contributed by atoms with Gasteiger partial charge in [0, 0.05) is 30.7 Å². The van der Waals surface area contributed by atoms with Crippen molar-refractivity contribution in [2.45, 2.75) is 51.9 Å². The number of carbonyl (C=O) groups is 1. The second kappa shape index (κ2) is 5.48. The molecule has 4 nitrogen and oxygen atoms in total. The summed E-state index contributed by atoms with van der Waals surface area (Å²) in [6.45, 7) is 5.63. The number of rotatable bonds is 3. The number of carbonyl (C=O) groups excluding carboxylic acids is 1. The second-order valence-corrected chi connectivity index (χ2v) is 4.91. The number of Topliss-reactive ketones (excluding diaryl/α,β-unsaturated/α-hetero) is 1. The Kier molecular flexibility index (Phi) is 3.97. The van der Waals surface area contributed by atoms with E-state index in [0.29, 0.717) is 11.4 Å². The highest BCUT2D eigenvalue weighted by molar-refractivity contribution is 5.93. The molecule has 0 aromatic carbocycles. The molecule has 1 fully saturated rings. The lowest BCUT2D eigenvalue weighted by Gasteiger charge is -2.31. The van der Waals surface area contributed by atoms with E-state index in [9.17, 15) is 4.79 Å². The largest absolute Gasteiger partial charge is 0.474 e. The Hall–Kier alpha value is -1.42. The summed E-state index contributed by atoms with van der Waals surface area (Å²) < 4.78 is 11.5. The molecule has 4 heteroatoms. The summed E-state index contributed by atoms with van der Waals surface area (Å²) >= 11 is 0. The summed E-state index contributed by atoms with van der Waals surface area (Å²) in [6.07, 6.45) is 3.88. The van der Waals surface area contributed by atoms with E-state index in [2.05, 4.69) is 18.8 Å². The van der Waals surface area contributed by atoms with Gasteiger partial charge in [-0.05, 0) is 26.8 Å². The van der Waals surface area contributed by atoms with E-state index in [4.69, 9.17) is 9.47 Å². The van der Waals surface area contributed by atoms with Crippen LogP contribution in [0.3, 0.4) is 0 Å². The summed E-state index contributed by atoms with van der Waals surface area (Å²) in [5, 5.41) is 0. The molecule has 0 saturated carbocycles. The Morgan fingerprint density at radius 2 is 2.00 bits per heavy atom. The monoisotopic (exact) mass is 249 g/mol. The molecule has 2 atom stereocenters. The smallest absolute Gasteiger partial charge is 0.213 e. The molecule has 2 heterocycles. The number of aromatic nitrogens is 1. The minimum absolute atomic E-state index is 0.0161. The van der Waals surface area contributed by atoms with Gasteiger partial charge < -0.3 is 9.47 Å². The maximum absolute atomic E-state index is 11.1. The van der Waals surface area contributed by atoms with Crippen LogP contribution < -0.4 is 4.74 Å². The van der Waals surface area contributed by atoms with Crippen molar-refractivity contribution in [2.24, 2.45) is 0 Å². The van der Waals surface area contributed by atoms with Gasteiger partial charge in [-0.2, -0.15) is 0 Å². The number of ether oxygens (including phenoxy) is 2. The number of nitrogens with zero attached hydrogens (tertiary/aromatic N) is 1. The zero-order chi connectivity index (χ0) is 13.1. The SMILES string of the molecule is CC(=O)c1ccc(OC2CC(C)OC(C)C2)nc1. The Morgan fingerprint density at radius 1 is 1.33 bits per heavy atom. The van der Waals surface area contributed by atoms with Crippen molar-refractivity contribution in [3.05, 3.63) is 23.9 Å². The number of hydrogen-bond acceptors (Lipinski definition) is 4. The van der Waals surface area contributed by atoms with Crippen molar-refractivity contribution in [3.8, 4) is 5.88 Å². The van der Waals surface area contributed by atoms with E-state index < -0.39 is 0 Å². The molecule has 98 valence electrons. The third kappa shape index (κ3) is 3.29. The van der Waals surface area contributed by atoms with Gasteiger partial charge in [-0.15, -0.1) is 0 Å². The van der Waals surface area contributed by atoms with E-state index in [-0.39, 0.29) is 24.1 Å². The molecule has 0 aliphatic carbocycles. The van der Waals surface area contributed by atoms with E-state index in [0.717, 1.165) is 12.8 Å². The van der Waals surface area contributed by atoms with Gasteiger partial charge in [0.05, 0.1) is 12.2 Å². The van der Waals surface area contributed by atoms with Crippen LogP contribution in [0.5, 0.6) is 5.88 Å². The lowest BCUT2D eigenvalue weighted by atomic mass is 10.0. The molecule has 2 rings (SSSR count). The fraction of sp³-hybridized carbons (Fsp3) is 0.571. The molecule has 1 aliphatic rings. The Bertz CT molecular complexity index is 406. The van der Waals surface area contributed by atoms with Gasteiger partial charge in [-0.3, -0.25) is 4.79 Å². The molecule has 2 unspecified atom stereocenters. The molecule has 1 aliphatic heterocycles. The van der Waals surface area contributed by atoms with Crippen LogP contribution in [0, 0.1) is 0 Å². The third-order valence-corrected chi connectivity index (χ3v) is 3.08. The van der Waals surface area contributed by atoms with Gasteiger partial charge in [0.1, 0.15) is 6.10 Å². The first kappa shape index (κ1) is 13.0. The van der Waals surface area contributed by atoms with Crippen LogP contribution >= 0.6 is 0 Å². The third-order valence-electron chi connectivity index (χ3n) is 3.08. The summed E-state index contributed by atoms with van der Waals surface area (Å²) in [6, 6.07) is 3.50. The van der Waals surface area contributed by atoms with Crippen LogP contribution in [0.15, 0.2) is 18.3 Å². The van der Waals surface area contributed by atoms with E-state index in [1.54, 1.807) is 18.3 Å². The fourth-order valence-corrected chi connectivity index (χ4v) is 2.27. The zero-order valence-electron chi connectivity index (χ0n) is 11.1. The molecule has 0 radical (unpaired) electrons. The zero-order valence-corrected chi connectivity index (χ0v) is 11.1. The van der Waals surface area contributed by atoms with Gasteiger partial charge in [-0.25, -0.2) is 4.98 Å². The number of pyridine rings is 1. The highest BCUT2D eigenvalue weighted by atomic mass is 16.5. The van der Waals surface area contributed by atoms with Gasteiger partial charge >= 0.3 is 0 Å². The Balaban J connectivity index is 1.98. The summed E-state index contributed by atoms with van der Waals surface area (Å²) in [5.74, 6) is 0.591. The summed E-state index contributed by atoms with van der Waals surface area (Å²) in [7, 11) is 0. The van der Waals surface area contributed by atoms with E-state index >= 15 is 0 Å². The molecule has 0 bridgehead atoms.